The van der Waals surface area contributed by atoms with Crippen LogP contribution in [0.1, 0.15) is 16.1 Å². The number of rotatable bonds is 5. The Morgan fingerprint density at radius 3 is 2.71 bits per heavy atom. The van der Waals surface area contributed by atoms with E-state index in [9.17, 15) is 9.59 Å². The Morgan fingerprint density at radius 2 is 2.00 bits per heavy atom. The number of aromatic carboxylic acids is 1. The quantitative estimate of drug-likeness (QED) is 0.878. The lowest BCUT2D eigenvalue weighted by atomic mass is 10.2. The molecule has 0 unspecified atom stereocenters. The van der Waals surface area contributed by atoms with E-state index in [1.165, 1.54) is 12.3 Å². The van der Waals surface area contributed by atoms with Gasteiger partial charge in [0, 0.05) is 6.20 Å². The summed E-state index contributed by atoms with van der Waals surface area (Å²) in [5.74, 6) is -1.04. The van der Waals surface area contributed by atoms with E-state index in [4.69, 9.17) is 9.84 Å². The van der Waals surface area contributed by atoms with Crippen molar-refractivity contribution in [3.63, 3.8) is 0 Å². The average molecular weight is 286 g/mol. The highest BCUT2D eigenvalue weighted by Crippen LogP contribution is 2.16. The molecule has 0 radical (unpaired) electrons. The second-order valence-electron chi connectivity index (χ2n) is 4.31. The first-order chi connectivity index (χ1) is 10.1. The number of hydrogen-bond acceptors (Lipinski definition) is 4. The normalized spacial score (nSPS) is 9.95. The number of para-hydroxylation sites is 1. The minimum absolute atomic E-state index is 0.142. The van der Waals surface area contributed by atoms with Crippen LogP contribution in [0.15, 0.2) is 42.6 Å². The number of hydrogen-bond donors (Lipinski definition) is 2. The summed E-state index contributed by atoms with van der Waals surface area (Å²) in [5.41, 5.74) is 0.850. The zero-order valence-electron chi connectivity index (χ0n) is 11.4. The summed E-state index contributed by atoms with van der Waals surface area (Å²) >= 11 is 0. The van der Waals surface area contributed by atoms with Crippen molar-refractivity contribution in [1.29, 1.82) is 0 Å². The molecule has 0 aliphatic carbocycles. The molecule has 0 bridgehead atoms. The number of aromatic nitrogens is 1. The number of benzene rings is 1. The molecule has 21 heavy (non-hydrogen) atoms. The Kier molecular flexibility index (Phi) is 4.50. The van der Waals surface area contributed by atoms with E-state index in [1.807, 2.05) is 25.1 Å². The standard InChI is InChI=1S/C15H14N2O4/c1-10-5-2-3-7-12(10)21-9-13(18)17-11-6-4-8-16-14(11)15(19)20/h2-8H,9H2,1H3,(H,17,18)(H,19,20). The number of carboxylic acids is 1. The number of carbonyl (C=O) groups excluding carboxylic acids is 1. The van der Waals surface area contributed by atoms with E-state index in [0.717, 1.165) is 5.56 Å². The highest BCUT2D eigenvalue weighted by Gasteiger charge is 2.13. The molecule has 0 saturated heterocycles. The van der Waals surface area contributed by atoms with E-state index in [0.29, 0.717) is 5.75 Å². The predicted octanol–water partition coefficient (Wildman–Crippen LogP) is 2.11. The molecule has 1 aromatic carbocycles. The van der Waals surface area contributed by atoms with Crippen LogP contribution in [0.25, 0.3) is 0 Å². The molecule has 6 heteroatoms. The maximum Gasteiger partial charge on any atom is 0.356 e. The molecular weight excluding hydrogens is 272 g/mol. The van der Waals surface area contributed by atoms with Crippen molar-refractivity contribution in [3.8, 4) is 5.75 Å². The maximum absolute atomic E-state index is 11.8. The van der Waals surface area contributed by atoms with Crippen LogP contribution in [-0.2, 0) is 4.79 Å². The molecule has 0 atom stereocenters. The van der Waals surface area contributed by atoms with Crippen LogP contribution in [0.4, 0.5) is 5.69 Å². The third kappa shape index (κ3) is 3.79. The minimum Gasteiger partial charge on any atom is -0.483 e. The molecule has 6 nitrogen and oxygen atoms in total. The molecular formula is C15H14N2O4. The average Bonchev–Trinajstić information content (AvgIpc) is 2.47. The number of nitrogens with zero attached hydrogens (tertiary/aromatic N) is 1. The van der Waals surface area contributed by atoms with Gasteiger partial charge in [0.2, 0.25) is 0 Å². The zero-order valence-corrected chi connectivity index (χ0v) is 11.4. The fourth-order valence-electron chi connectivity index (χ4n) is 1.72. The number of aryl methyl sites for hydroxylation is 1. The topological polar surface area (TPSA) is 88.5 Å². The van der Waals surface area contributed by atoms with Gasteiger partial charge in [-0.15, -0.1) is 0 Å². The van der Waals surface area contributed by atoms with E-state index in [1.54, 1.807) is 12.1 Å². The molecule has 1 heterocycles. The Hall–Kier alpha value is -2.89. The summed E-state index contributed by atoms with van der Waals surface area (Å²) in [7, 11) is 0. The molecule has 1 aromatic heterocycles. The Labute approximate surface area is 121 Å². The van der Waals surface area contributed by atoms with Crippen molar-refractivity contribution in [2.75, 3.05) is 11.9 Å². The largest absolute Gasteiger partial charge is 0.483 e. The number of ether oxygens (including phenoxy) is 1. The fourth-order valence-corrected chi connectivity index (χ4v) is 1.72. The van der Waals surface area contributed by atoms with E-state index in [-0.39, 0.29) is 18.0 Å². The Morgan fingerprint density at radius 1 is 1.24 bits per heavy atom. The summed E-state index contributed by atoms with van der Waals surface area (Å²) in [4.78, 5) is 26.5. The number of carboxylic acid groups (broad SMARTS) is 1. The minimum atomic E-state index is -1.20. The van der Waals surface area contributed by atoms with Gasteiger partial charge in [0.15, 0.2) is 12.3 Å². The molecule has 108 valence electrons. The van der Waals surface area contributed by atoms with Gasteiger partial charge in [0.1, 0.15) is 5.75 Å². The van der Waals surface area contributed by atoms with Crippen LogP contribution in [0.2, 0.25) is 0 Å². The number of carbonyl (C=O) groups is 2. The van der Waals surface area contributed by atoms with Gasteiger partial charge < -0.3 is 15.2 Å². The van der Waals surface area contributed by atoms with Gasteiger partial charge in [-0.2, -0.15) is 0 Å². The summed E-state index contributed by atoms with van der Waals surface area (Å²) in [6.45, 7) is 1.66. The first-order valence-corrected chi connectivity index (χ1v) is 6.24. The van der Waals surface area contributed by atoms with Gasteiger partial charge in [0.05, 0.1) is 5.69 Å². The van der Waals surface area contributed by atoms with Gasteiger partial charge >= 0.3 is 5.97 Å². The van der Waals surface area contributed by atoms with Crippen molar-refractivity contribution >= 4 is 17.6 Å². The second kappa shape index (κ2) is 6.51. The van der Waals surface area contributed by atoms with Crippen molar-refractivity contribution < 1.29 is 19.4 Å². The maximum atomic E-state index is 11.8. The van der Waals surface area contributed by atoms with Gasteiger partial charge in [-0.05, 0) is 30.7 Å². The number of anilines is 1. The third-order valence-corrected chi connectivity index (χ3v) is 2.74. The molecule has 0 saturated carbocycles. The summed E-state index contributed by atoms with van der Waals surface area (Å²) in [5, 5.41) is 11.5. The lowest BCUT2D eigenvalue weighted by molar-refractivity contribution is -0.118. The van der Waals surface area contributed by atoms with Crippen molar-refractivity contribution in [3.05, 3.63) is 53.9 Å². The monoisotopic (exact) mass is 286 g/mol. The first-order valence-electron chi connectivity index (χ1n) is 6.24. The first kappa shape index (κ1) is 14.5. The van der Waals surface area contributed by atoms with Gasteiger partial charge in [0.25, 0.3) is 5.91 Å². The lowest BCUT2D eigenvalue weighted by Gasteiger charge is -2.10. The predicted molar refractivity (Wildman–Crippen MR) is 76.5 cm³/mol. The van der Waals surface area contributed by atoms with E-state index >= 15 is 0 Å². The van der Waals surface area contributed by atoms with Crippen LogP contribution in [0.5, 0.6) is 5.75 Å². The molecule has 2 N–H and O–H groups in total. The molecule has 0 fully saturated rings. The van der Waals surface area contributed by atoms with Crippen molar-refractivity contribution in [1.82, 2.24) is 4.98 Å². The van der Waals surface area contributed by atoms with Crippen LogP contribution >= 0.6 is 0 Å². The highest BCUT2D eigenvalue weighted by molar-refractivity contribution is 5.99. The SMILES string of the molecule is Cc1ccccc1OCC(=O)Nc1cccnc1C(=O)O. The van der Waals surface area contributed by atoms with Crippen molar-refractivity contribution in [2.45, 2.75) is 6.92 Å². The Balaban J connectivity index is 2.00. The third-order valence-electron chi connectivity index (χ3n) is 2.74. The van der Waals surface area contributed by atoms with Crippen LogP contribution in [0.3, 0.4) is 0 Å². The second-order valence-corrected chi connectivity index (χ2v) is 4.31. The number of amides is 1. The van der Waals surface area contributed by atoms with Crippen LogP contribution < -0.4 is 10.1 Å². The van der Waals surface area contributed by atoms with Gasteiger partial charge in [-0.25, -0.2) is 9.78 Å². The molecule has 1 amide bonds. The molecule has 2 rings (SSSR count). The highest BCUT2D eigenvalue weighted by atomic mass is 16.5. The van der Waals surface area contributed by atoms with Gasteiger partial charge in [-0.3, -0.25) is 4.79 Å². The molecule has 2 aromatic rings. The van der Waals surface area contributed by atoms with Gasteiger partial charge in [-0.1, -0.05) is 18.2 Å². The van der Waals surface area contributed by atoms with E-state index < -0.39 is 11.9 Å². The van der Waals surface area contributed by atoms with E-state index in [2.05, 4.69) is 10.3 Å². The van der Waals surface area contributed by atoms with Crippen LogP contribution in [-0.4, -0.2) is 28.6 Å². The lowest BCUT2D eigenvalue weighted by Crippen LogP contribution is -2.22. The summed E-state index contributed by atoms with van der Waals surface area (Å²) in [6.07, 6.45) is 1.35. The molecule has 0 aliphatic rings. The fraction of sp³-hybridized carbons (Fsp3) is 0.133. The summed E-state index contributed by atoms with van der Waals surface area (Å²) < 4.78 is 5.39. The number of nitrogens with one attached hydrogen (secondary N) is 1. The zero-order chi connectivity index (χ0) is 15.2. The van der Waals surface area contributed by atoms with Crippen LogP contribution in [0, 0.1) is 6.92 Å². The molecule has 0 aliphatic heterocycles. The molecule has 0 spiro atoms. The van der Waals surface area contributed by atoms with Crippen molar-refractivity contribution in [2.24, 2.45) is 0 Å². The Bertz CT molecular complexity index is 670. The summed E-state index contributed by atoms with van der Waals surface area (Å²) in [6, 6.07) is 10.3. The number of pyridine rings is 1. The smallest absolute Gasteiger partial charge is 0.356 e.